The third kappa shape index (κ3) is 3.97. The van der Waals surface area contributed by atoms with Crippen LogP contribution in [-0.2, 0) is 6.61 Å². The summed E-state index contributed by atoms with van der Waals surface area (Å²) in [7, 11) is 0. The number of ether oxygens (including phenoxy) is 1. The number of aromatic nitrogens is 1. The molecule has 2 rings (SSSR count). The second-order valence-electron chi connectivity index (χ2n) is 4.20. The first-order valence-corrected chi connectivity index (χ1v) is 6.60. The van der Waals surface area contributed by atoms with Gasteiger partial charge in [0, 0.05) is 11.8 Å². The normalized spacial score (nSPS) is 9.75. The molecule has 102 valence electrons. The van der Waals surface area contributed by atoms with E-state index in [2.05, 4.69) is 16.8 Å². The summed E-state index contributed by atoms with van der Waals surface area (Å²) < 4.78 is 18.7. The van der Waals surface area contributed by atoms with Crippen molar-refractivity contribution in [2.75, 3.05) is 5.88 Å². The van der Waals surface area contributed by atoms with Gasteiger partial charge in [0.2, 0.25) is 0 Å². The van der Waals surface area contributed by atoms with E-state index in [-0.39, 0.29) is 11.7 Å². The number of hydrogen-bond donors (Lipinski definition) is 0. The lowest BCUT2D eigenvalue weighted by atomic mass is 10.1. The average Bonchev–Trinajstić information content (AvgIpc) is 2.45. The predicted molar refractivity (Wildman–Crippen MR) is 77.3 cm³/mol. The number of halogens is 2. The Morgan fingerprint density at radius 3 is 2.90 bits per heavy atom. The van der Waals surface area contributed by atoms with E-state index in [1.807, 2.05) is 6.92 Å². The van der Waals surface area contributed by atoms with E-state index >= 15 is 0 Å². The van der Waals surface area contributed by atoms with Crippen LogP contribution in [0.15, 0.2) is 36.7 Å². The standard InChI is InChI=1S/C16H13ClFNO/c1-12-7-15(18)5-4-14(12)11-20-16-8-13(3-2-6-17)9-19-10-16/h4-5,7-10H,6,11H2,1H3. The maximum absolute atomic E-state index is 13.0. The second-order valence-corrected chi connectivity index (χ2v) is 4.47. The molecule has 0 N–H and O–H groups in total. The summed E-state index contributed by atoms with van der Waals surface area (Å²) in [6.07, 6.45) is 3.26. The molecule has 0 radical (unpaired) electrons. The molecule has 2 nitrogen and oxygen atoms in total. The zero-order valence-corrected chi connectivity index (χ0v) is 11.7. The minimum atomic E-state index is -0.244. The van der Waals surface area contributed by atoms with E-state index in [1.54, 1.807) is 24.5 Å². The summed E-state index contributed by atoms with van der Waals surface area (Å²) >= 11 is 5.51. The molecule has 0 bridgehead atoms. The van der Waals surface area contributed by atoms with Gasteiger partial charge in [-0.25, -0.2) is 4.39 Å². The molecule has 0 saturated heterocycles. The molecule has 0 unspecified atom stereocenters. The minimum Gasteiger partial charge on any atom is -0.487 e. The van der Waals surface area contributed by atoms with Crippen LogP contribution < -0.4 is 4.74 Å². The molecule has 2 aromatic rings. The topological polar surface area (TPSA) is 22.1 Å². The monoisotopic (exact) mass is 289 g/mol. The number of hydrogen-bond acceptors (Lipinski definition) is 2. The Hall–Kier alpha value is -2.05. The average molecular weight is 290 g/mol. The van der Waals surface area contributed by atoms with E-state index in [0.717, 1.165) is 16.7 Å². The molecule has 1 heterocycles. The summed E-state index contributed by atoms with van der Waals surface area (Å²) in [6.45, 7) is 2.21. The number of pyridine rings is 1. The summed E-state index contributed by atoms with van der Waals surface area (Å²) in [5.41, 5.74) is 2.54. The van der Waals surface area contributed by atoms with Gasteiger partial charge >= 0.3 is 0 Å². The second kappa shape index (κ2) is 6.93. The highest BCUT2D eigenvalue weighted by molar-refractivity contribution is 6.19. The van der Waals surface area contributed by atoms with Crippen molar-refractivity contribution >= 4 is 11.6 Å². The zero-order chi connectivity index (χ0) is 14.4. The molecule has 0 spiro atoms. The quantitative estimate of drug-likeness (QED) is 0.635. The van der Waals surface area contributed by atoms with E-state index in [1.165, 1.54) is 12.1 Å². The van der Waals surface area contributed by atoms with Crippen LogP contribution >= 0.6 is 11.6 Å². The van der Waals surface area contributed by atoms with Crippen LogP contribution in [-0.4, -0.2) is 10.9 Å². The number of rotatable bonds is 3. The van der Waals surface area contributed by atoms with E-state index in [9.17, 15) is 4.39 Å². The Labute approximate surface area is 122 Å². The van der Waals surface area contributed by atoms with Crippen molar-refractivity contribution in [2.24, 2.45) is 0 Å². The van der Waals surface area contributed by atoms with Gasteiger partial charge in [0.25, 0.3) is 0 Å². The van der Waals surface area contributed by atoms with Crippen molar-refractivity contribution in [3.63, 3.8) is 0 Å². The van der Waals surface area contributed by atoms with Crippen LogP contribution in [0, 0.1) is 24.6 Å². The van der Waals surface area contributed by atoms with Crippen LogP contribution in [0.3, 0.4) is 0 Å². The van der Waals surface area contributed by atoms with E-state index < -0.39 is 0 Å². The summed E-state index contributed by atoms with van der Waals surface area (Å²) in [5, 5.41) is 0. The minimum absolute atomic E-state index is 0.244. The van der Waals surface area contributed by atoms with Gasteiger partial charge < -0.3 is 4.74 Å². The Morgan fingerprint density at radius 2 is 2.15 bits per heavy atom. The molecule has 0 aliphatic carbocycles. The summed E-state index contributed by atoms with van der Waals surface area (Å²) in [5.74, 6) is 6.29. The van der Waals surface area contributed by atoms with Crippen LogP contribution in [0.25, 0.3) is 0 Å². The molecule has 0 amide bonds. The lowest BCUT2D eigenvalue weighted by molar-refractivity contribution is 0.304. The van der Waals surface area contributed by atoms with Gasteiger partial charge in [0.05, 0.1) is 12.1 Å². The van der Waals surface area contributed by atoms with Crippen LogP contribution in [0.1, 0.15) is 16.7 Å². The molecular weight excluding hydrogens is 277 g/mol. The Morgan fingerprint density at radius 1 is 1.30 bits per heavy atom. The molecule has 0 saturated carbocycles. The van der Waals surface area contributed by atoms with Gasteiger partial charge in [-0.15, -0.1) is 11.6 Å². The molecule has 0 fully saturated rings. The van der Waals surface area contributed by atoms with Crippen molar-refractivity contribution in [3.05, 3.63) is 59.2 Å². The number of benzene rings is 1. The maximum Gasteiger partial charge on any atom is 0.139 e. The van der Waals surface area contributed by atoms with Crippen molar-refractivity contribution in [1.29, 1.82) is 0 Å². The third-order valence-corrected chi connectivity index (χ3v) is 2.85. The van der Waals surface area contributed by atoms with Gasteiger partial charge in [0.1, 0.15) is 18.2 Å². The number of nitrogens with zero attached hydrogens (tertiary/aromatic N) is 1. The van der Waals surface area contributed by atoms with E-state index in [0.29, 0.717) is 12.4 Å². The molecule has 4 heteroatoms. The largest absolute Gasteiger partial charge is 0.487 e. The van der Waals surface area contributed by atoms with Crippen molar-refractivity contribution in [3.8, 4) is 17.6 Å². The van der Waals surface area contributed by atoms with Crippen LogP contribution in [0.5, 0.6) is 5.75 Å². The molecule has 0 aliphatic rings. The number of aryl methyl sites for hydroxylation is 1. The fraction of sp³-hybridized carbons (Fsp3) is 0.188. The smallest absolute Gasteiger partial charge is 0.139 e. The number of alkyl halides is 1. The predicted octanol–water partition coefficient (Wildman–Crippen LogP) is 3.70. The van der Waals surface area contributed by atoms with Gasteiger partial charge in [-0.1, -0.05) is 17.9 Å². The Balaban J connectivity index is 2.07. The van der Waals surface area contributed by atoms with Crippen molar-refractivity contribution < 1.29 is 9.13 Å². The van der Waals surface area contributed by atoms with E-state index in [4.69, 9.17) is 16.3 Å². The highest BCUT2D eigenvalue weighted by Gasteiger charge is 2.02. The molecule has 1 aromatic carbocycles. The highest BCUT2D eigenvalue weighted by Crippen LogP contribution is 2.15. The molecular formula is C16H13ClFNO. The Kier molecular flexibility index (Phi) is 4.97. The molecule has 0 atom stereocenters. The van der Waals surface area contributed by atoms with Crippen LogP contribution in [0.2, 0.25) is 0 Å². The van der Waals surface area contributed by atoms with Gasteiger partial charge in [0.15, 0.2) is 0 Å². The Bertz CT molecular complexity index is 661. The van der Waals surface area contributed by atoms with Gasteiger partial charge in [-0.3, -0.25) is 4.98 Å². The van der Waals surface area contributed by atoms with Crippen molar-refractivity contribution in [1.82, 2.24) is 4.98 Å². The van der Waals surface area contributed by atoms with Crippen molar-refractivity contribution in [2.45, 2.75) is 13.5 Å². The first-order chi connectivity index (χ1) is 9.69. The van der Waals surface area contributed by atoms with Gasteiger partial charge in [-0.2, -0.15) is 0 Å². The first-order valence-electron chi connectivity index (χ1n) is 6.07. The fourth-order valence-corrected chi connectivity index (χ4v) is 1.75. The summed E-state index contributed by atoms with van der Waals surface area (Å²) in [4.78, 5) is 4.06. The SMILES string of the molecule is Cc1cc(F)ccc1COc1cncc(C#CCCl)c1. The lowest BCUT2D eigenvalue weighted by Crippen LogP contribution is -1.99. The molecule has 0 aliphatic heterocycles. The molecule has 20 heavy (non-hydrogen) atoms. The fourth-order valence-electron chi connectivity index (χ4n) is 1.68. The summed E-state index contributed by atoms with van der Waals surface area (Å²) in [6, 6.07) is 6.42. The third-order valence-electron chi connectivity index (χ3n) is 2.71. The molecule has 1 aromatic heterocycles. The maximum atomic E-state index is 13.0. The van der Waals surface area contributed by atoms with Crippen LogP contribution in [0.4, 0.5) is 4.39 Å². The first kappa shape index (κ1) is 14.4. The lowest BCUT2D eigenvalue weighted by Gasteiger charge is -2.08. The zero-order valence-electron chi connectivity index (χ0n) is 11.0. The highest BCUT2D eigenvalue weighted by atomic mass is 35.5. The van der Waals surface area contributed by atoms with Gasteiger partial charge in [-0.05, 0) is 36.2 Å².